The number of aliphatic imine (C=N–C) groups is 1. The van der Waals surface area contributed by atoms with Gasteiger partial charge in [-0.3, -0.25) is 4.99 Å². The van der Waals surface area contributed by atoms with Gasteiger partial charge in [0, 0.05) is 37.7 Å². The molecule has 4 unspecified atom stereocenters. The van der Waals surface area contributed by atoms with Crippen LogP contribution in [0.2, 0.25) is 0 Å². The van der Waals surface area contributed by atoms with Crippen LogP contribution in [0.4, 0.5) is 0 Å². The number of para-hydroxylation sites is 1. The van der Waals surface area contributed by atoms with Crippen molar-refractivity contribution >= 4 is 5.96 Å². The predicted molar refractivity (Wildman–Crippen MR) is 112 cm³/mol. The van der Waals surface area contributed by atoms with Gasteiger partial charge in [-0.25, -0.2) is 4.68 Å². The molecule has 1 N–H and O–H groups in total. The minimum absolute atomic E-state index is 0.484. The van der Waals surface area contributed by atoms with Gasteiger partial charge in [-0.2, -0.15) is 5.10 Å². The molecule has 152 valence electrons. The third kappa shape index (κ3) is 2.80. The summed E-state index contributed by atoms with van der Waals surface area (Å²) in [6, 6.07) is 10.5. The van der Waals surface area contributed by atoms with E-state index in [1.807, 2.05) is 7.05 Å². The number of nitrogens with zero attached hydrogens (tertiary/aromatic N) is 4. The molecule has 0 saturated carbocycles. The average molecular weight is 392 g/mol. The third-order valence-corrected chi connectivity index (χ3v) is 7.39. The van der Waals surface area contributed by atoms with E-state index in [0.717, 1.165) is 44.1 Å². The fourth-order valence-corrected chi connectivity index (χ4v) is 6.07. The van der Waals surface area contributed by atoms with Crippen molar-refractivity contribution in [3.8, 4) is 5.69 Å². The zero-order valence-electron chi connectivity index (χ0n) is 17.1. The summed E-state index contributed by atoms with van der Waals surface area (Å²) in [5, 5.41) is 8.61. The van der Waals surface area contributed by atoms with E-state index in [0.29, 0.717) is 24.0 Å². The Morgan fingerprint density at radius 2 is 1.90 bits per heavy atom. The van der Waals surface area contributed by atoms with E-state index in [4.69, 9.17) is 9.84 Å². The van der Waals surface area contributed by atoms with Gasteiger partial charge in [0.15, 0.2) is 5.96 Å². The van der Waals surface area contributed by atoms with Crippen molar-refractivity contribution < 1.29 is 4.74 Å². The van der Waals surface area contributed by atoms with Crippen LogP contribution in [0.15, 0.2) is 35.3 Å². The van der Waals surface area contributed by atoms with Gasteiger partial charge in [0.25, 0.3) is 0 Å². The van der Waals surface area contributed by atoms with Gasteiger partial charge < -0.3 is 15.0 Å². The SMILES string of the molecule is CN=C(NCc1nn(-c2ccccc2)c2c1CCC2)N1CC2C3CCC(O3)C2C1. The van der Waals surface area contributed by atoms with E-state index in [1.54, 1.807) is 0 Å². The maximum atomic E-state index is 6.13. The lowest BCUT2D eigenvalue weighted by Gasteiger charge is -2.23. The van der Waals surface area contributed by atoms with Crippen LogP contribution in [0.1, 0.15) is 36.2 Å². The topological polar surface area (TPSA) is 54.7 Å². The molecule has 0 amide bonds. The van der Waals surface area contributed by atoms with Crippen LogP contribution >= 0.6 is 0 Å². The quantitative estimate of drug-likeness (QED) is 0.645. The van der Waals surface area contributed by atoms with Gasteiger partial charge in [-0.1, -0.05) is 18.2 Å². The molecule has 2 aromatic rings. The summed E-state index contributed by atoms with van der Waals surface area (Å²) in [5.41, 5.74) is 5.14. The Morgan fingerprint density at radius 3 is 2.62 bits per heavy atom. The lowest BCUT2D eigenvalue weighted by atomic mass is 9.82. The molecule has 4 atom stereocenters. The number of rotatable bonds is 3. The average Bonchev–Trinajstić information content (AvgIpc) is 3.53. The molecule has 3 fully saturated rings. The second-order valence-electron chi connectivity index (χ2n) is 8.90. The minimum Gasteiger partial charge on any atom is -0.374 e. The number of hydrogen-bond donors (Lipinski definition) is 1. The lowest BCUT2D eigenvalue weighted by Crippen LogP contribution is -2.41. The fraction of sp³-hybridized carbons (Fsp3) is 0.565. The molecule has 4 aliphatic rings. The number of benzene rings is 1. The van der Waals surface area contributed by atoms with Gasteiger partial charge in [-0.05, 0) is 49.8 Å². The second kappa shape index (κ2) is 6.87. The molecule has 6 heteroatoms. The monoisotopic (exact) mass is 391 g/mol. The smallest absolute Gasteiger partial charge is 0.193 e. The molecule has 1 aromatic heterocycles. The van der Waals surface area contributed by atoms with Crippen molar-refractivity contribution in [2.45, 2.75) is 50.9 Å². The molecule has 4 heterocycles. The molecule has 2 bridgehead atoms. The van der Waals surface area contributed by atoms with E-state index in [-0.39, 0.29) is 0 Å². The maximum absolute atomic E-state index is 6.13. The summed E-state index contributed by atoms with van der Waals surface area (Å²) in [4.78, 5) is 7.04. The number of ether oxygens (including phenoxy) is 1. The molecular formula is C23H29N5O. The molecule has 1 aliphatic carbocycles. The summed E-state index contributed by atoms with van der Waals surface area (Å²) in [6.45, 7) is 2.88. The van der Waals surface area contributed by atoms with Gasteiger partial charge in [0.1, 0.15) is 0 Å². The van der Waals surface area contributed by atoms with Crippen LogP contribution in [-0.2, 0) is 24.1 Å². The normalized spacial score (nSPS) is 30.1. The first-order valence-electron chi connectivity index (χ1n) is 11.1. The first kappa shape index (κ1) is 17.5. The Bertz CT molecular complexity index is 918. The van der Waals surface area contributed by atoms with Crippen LogP contribution in [0.25, 0.3) is 5.69 Å². The van der Waals surface area contributed by atoms with Crippen molar-refractivity contribution in [2.24, 2.45) is 16.8 Å². The highest BCUT2D eigenvalue weighted by Crippen LogP contribution is 2.47. The second-order valence-corrected chi connectivity index (χ2v) is 8.90. The van der Waals surface area contributed by atoms with Gasteiger partial charge in [0.2, 0.25) is 0 Å². The van der Waals surface area contributed by atoms with E-state index in [9.17, 15) is 0 Å². The van der Waals surface area contributed by atoms with Crippen molar-refractivity contribution in [3.63, 3.8) is 0 Å². The van der Waals surface area contributed by atoms with Crippen molar-refractivity contribution in [3.05, 3.63) is 47.3 Å². The van der Waals surface area contributed by atoms with Crippen LogP contribution in [-0.4, -0.2) is 53.0 Å². The molecular weight excluding hydrogens is 362 g/mol. The standard InChI is InChI=1S/C23H29N5O/c1-24-23(27-13-17-18(14-27)22-11-10-21(17)29-22)25-12-19-16-8-5-9-20(16)28(26-19)15-6-3-2-4-7-15/h2-4,6-7,17-18,21-22H,5,8-14H2,1H3,(H,24,25). The minimum atomic E-state index is 0.484. The summed E-state index contributed by atoms with van der Waals surface area (Å²) < 4.78 is 8.28. The number of likely N-dealkylation sites (tertiary alicyclic amines) is 1. The Balaban J connectivity index is 1.19. The molecule has 29 heavy (non-hydrogen) atoms. The van der Waals surface area contributed by atoms with Gasteiger partial charge in [0.05, 0.1) is 30.1 Å². The van der Waals surface area contributed by atoms with Gasteiger partial charge in [-0.15, -0.1) is 0 Å². The highest BCUT2D eigenvalue weighted by molar-refractivity contribution is 5.80. The Morgan fingerprint density at radius 1 is 1.14 bits per heavy atom. The van der Waals surface area contributed by atoms with Gasteiger partial charge >= 0.3 is 0 Å². The van der Waals surface area contributed by atoms with Crippen molar-refractivity contribution in [1.29, 1.82) is 0 Å². The summed E-state index contributed by atoms with van der Waals surface area (Å²) in [7, 11) is 1.90. The maximum Gasteiger partial charge on any atom is 0.193 e. The molecule has 6 nitrogen and oxygen atoms in total. The van der Waals surface area contributed by atoms with Crippen molar-refractivity contribution in [2.75, 3.05) is 20.1 Å². The van der Waals surface area contributed by atoms with E-state index in [2.05, 4.69) is 50.2 Å². The number of fused-ring (bicyclic) bond motifs is 6. The number of nitrogens with one attached hydrogen (secondary N) is 1. The van der Waals surface area contributed by atoms with E-state index in [1.165, 1.54) is 36.2 Å². The summed E-state index contributed by atoms with van der Waals surface area (Å²) in [5.74, 6) is 2.39. The molecule has 0 spiro atoms. The van der Waals surface area contributed by atoms with Crippen molar-refractivity contribution in [1.82, 2.24) is 20.0 Å². The summed E-state index contributed by atoms with van der Waals surface area (Å²) in [6.07, 6.45) is 6.93. The molecule has 1 aromatic carbocycles. The number of guanidine groups is 1. The van der Waals surface area contributed by atoms with E-state index >= 15 is 0 Å². The Labute approximate surface area is 172 Å². The lowest BCUT2D eigenvalue weighted by molar-refractivity contribution is 0.0767. The fourth-order valence-electron chi connectivity index (χ4n) is 6.07. The molecule has 0 radical (unpaired) electrons. The largest absolute Gasteiger partial charge is 0.374 e. The first-order chi connectivity index (χ1) is 14.3. The summed E-state index contributed by atoms with van der Waals surface area (Å²) >= 11 is 0. The van der Waals surface area contributed by atoms with Crippen LogP contribution in [0, 0.1) is 11.8 Å². The highest BCUT2D eigenvalue weighted by atomic mass is 16.5. The third-order valence-electron chi connectivity index (χ3n) is 7.39. The van der Waals surface area contributed by atoms with Crippen LogP contribution in [0.3, 0.4) is 0 Å². The number of aromatic nitrogens is 2. The van der Waals surface area contributed by atoms with E-state index < -0.39 is 0 Å². The molecule has 3 saturated heterocycles. The number of hydrogen-bond acceptors (Lipinski definition) is 3. The predicted octanol–water partition coefficient (Wildman–Crippen LogP) is 2.55. The zero-order valence-corrected chi connectivity index (χ0v) is 17.1. The molecule has 6 rings (SSSR count). The Kier molecular flexibility index (Phi) is 4.15. The van der Waals surface area contributed by atoms with Crippen LogP contribution in [0.5, 0.6) is 0 Å². The first-order valence-corrected chi connectivity index (χ1v) is 11.1. The highest BCUT2D eigenvalue weighted by Gasteiger charge is 2.53. The zero-order chi connectivity index (χ0) is 19.4. The Hall–Kier alpha value is -2.34. The molecule has 3 aliphatic heterocycles. The van der Waals surface area contributed by atoms with Crippen LogP contribution < -0.4 is 5.32 Å².